The Morgan fingerprint density at radius 1 is 1.00 bits per heavy atom. The maximum absolute atomic E-state index is 13.0. The molecule has 194 valence electrons. The van der Waals surface area contributed by atoms with Gasteiger partial charge in [0.25, 0.3) is 0 Å². The Labute approximate surface area is 207 Å². The van der Waals surface area contributed by atoms with Gasteiger partial charge in [-0.1, -0.05) is 36.4 Å². The first kappa shape index (κ1) is 26.4. The van der Waals surface area contributed by atoms with Gasteiger partial charge in [-0.25, -0.2) is 8.42 Å². The van der Waals surface area contributed by atoms with Crippen LogP contribution in [0.5, 0.6) is 0 Å². The highest BCUT2D eigenvalue weighted by molar-refractivity contribution is 7.89. The van der Waals surface area contributed by atoms with Gasteiger partial charge in [0.1, 0.15) is 4.90 Å². The summed E-state index contributed by atoms with van der Waals surface area (Å²) < 4.78 is 72.9. The zero-order valence-electron chi connectivity index (χ0n) is 19.5. The number of hydrogen-bond donors (Lipinski definition) is 2. The Bertz CT molecular complexity index is 1300. The van der Waals surface area contributed by atoms with Crippen LogP contribution in [0.1, 0.15) is 42.1 Å². The largest absolute Gasteiger partial charge is 0.416 e. The van der Waals surface area contributed by atoms with Crippen molar-refractivity contribution in [3.63, 3.8) is 0 Å². The standard InChI is InChI=1S/C25H27F3N2O5S/c1-35-24(32)22-14-21(36(33,34)30-11-2-3-12-30)15-29(22)16-23(31)18-9-7-17(8-10-18)19-5-4-6-20(13-19)25(26,27)28/h4-10,13-15,23-24,31-32H,2-3,11-12,16H2,1H3. The molecule has 4 rings (SSSR count). The number of hydrogen-bond acceptors (Lipinski definition) is 5. The van der Waals surface area contributed by atoms with Gasteiger partial charge in [-0.05, 0) is 47.7 Å². The van der Waals surface area contributed by atoms with Crippen LogP contribution >= 0.6 is 0 Å². The number of nitrogens with zero attached hydrogens (tertiary/aromatic N) is 2. The number of aliphatic hydroxyl groups is 2. The van der Waals surface area contributed by atoms with E-state index in [1.165, 1.54) is 34.3 Å². The van der Waals surface area contributed by atoms with E-state index in [-0.39, 0.29) is 17.1 Å². The van der Waals surface area contributed by atoms with Gasteiger partial charge < -0.3 is 19.5 Å². The van der Waals surface area contributed by atoms with Crippen molar-refractivity contribution in [3.8, 4) is 11.1 Å². The van der Waals surface area contributed by atoms with Gasteiger partial charge in [0.05, 0.1) is 23.9 Å². The van der Waals surface area contributed by atoms with Crippen LogP contribution in [0.25, 0.3) is 11.1 Å². The van der Waals surface area contributed by atoms with Crippen molar-refractivity contribution >= 4 is 10.0 Å². The SMILES string of the molecule is COC(O)c1cc(S(=O)(=O)N2CCCC2)cn1CC(O)c1ccc(-c2cccc(C(F)(F)F)c2)cc1. The minimum atomic E-state index is -4.45. The number of ether oxygens (including phenoxy) is 1. The monoisotopic (exact) mass is 524 g/mol. The number of rotatable bonds is 8. The molecule has 7 nitrogen and oxygen atoms in total. The first-order chi connectivity index (χ1) is 17.0. The Morgan fingerprint density at radius 3 is 2.28 bits per heavy atom. The highest BCUT2D eigenvalue weighted by Crippen LogP contribution is 2.33. The van der Waals surface area contributed by atoms with Crippen LogP contribution in [0.15, 0.2) is 65.7 Å². The summed E-state index contributed by atoms with van der Waals surface area (Å²) in [5, 5.41) is 21.1. The zero-order chi connectivity index (χ0) is 26.1. The van der Waals surface area contributed by atoms with Crippen LogP contribution < -0.4 is 0 Å². The molecule has 0 bridgehead atoms. The molecular formula is C25H27F3N2O5S. The van der Waals surface area contributed by atoms with Crippen LogP contribution in [0.3, 0.4) is 0 Å². The van der Waals surface area contributed by atoms with E-state index in [0.29, 0.717) is 29.8 Å². The maximum Gasteiger partial charge on any atom is 0.416 e. The molecule has 0 saturated carbocycles. The van der Waals surface area contributed by atoms with E-state index in [4.69, 9.17) is 4.74 Å². The molecule has 1 saturated heterocycles. The molecule has 2 N–H and O–H groups in total. The third kappa shape index (κ3) is 5.50. The first-order valence-corrected chi connectivity index (χ1v) is 12.8. The van der Waals surface area contributed by atoms with Gasteiger partial charge in [-0.2, -0.15) is 17.5 Å². The Hall–Kier alpha value is -2.70. The summed E-state index contributed by atoms with van der Waals surface area (Å²) >= 11 is 0. The lowest BCUT2D eigenvalue weighted by molar-refractivity contribution is -0.137. The van der Waals surface area contributed by atoms with E-state index >= 15 is 0 Å². The van der Waals surface area contributed by atoms with Crippen LogP contribution in [0.4, 0.5) is 13.2 Å². The molecule has 11 heteroatoms. The molecule has 0 aliphatic carbocycles. The van der Waals surface area contributed by atoms with Crippen molar-refractivity contribution in [1.29, 1.82) is 0 Å². The van der Waals surface area contributed by atoms with Gasteiger partial charge >= 0.3 is 6.18 Å². The predicted octanol–water partition coefficient (Wildman–Crippen LogP) is 4.33. The van der Waals surface area contributed by atoms with Crippen molar-refractivity contribution in [2.75, 3.05) is 20.2 Å². The fourth-order valence-corrected chi connectivity index (χ4v) is 5.84. The quantitative estimate of drug-likeness (QED) is 0.428. The third-order valence-corrected chi connectivity index (χ3v) is 8.14. The topological polar surface area (TPSA) is 92.0 Å². The van der Waals surface area contributed by atoms with E-state index in [1.807, 2.05) is 0 Å². The number of methoxy groups -OCH3 is 1. The van der Waals surface area contributed by atoms with E-state index < -0.39 is 34.2 Å². The van der Waals surface area contributed by atoms with Gasteiger partial charge in [-0.15, -0.1) is 0 Å². The molecule has 0 radical (unpaired) electrons. The van der Waals surface area contributed by atoms with Crippen LogP contribution in [0.2, 0.25) is 0 Å². The van der Waals surface area contributed by atoms with E-state index in [1.54, 1.807) is 30.3 Å². The van der Waals surface area contributed by atoms with Crippen molar-refractivity contribution < 1.29 is 36.5 Å². The van der Waals surface area contributed by atoms with Crippen molar-refractivity contribution in [3.05, 3.63) is 77.6 Å². The number of aliphatic hydroxyl groups excluding tert-OH is 2. The molecule has 1 aliphatic rings. The zero-order valence-corrected chi connectivity index (χ0v) is 20.3. The molecule has 2 unspecified atom stereocenters. The summed E-state index contributed by atoms with van der Waals surface area (Å²) in [5.74, 6) is 0. The number of aromatic nitrogens is 1. The second kappa shape index (κ2) is 10.3. The summed E-state index contributed by atoms with van der Waals surface area (Å²) in [6.45, 7) is 0.779. The average Bonchev–Trinajstić information content (AvgIpc) is 3.55. The molecule has 2 atom stereocenters. The van der Waals surface area contributed by atoms with E-state index in [0.717, 1.165) is 25.0 Å². The summed E-state index contributed by atoms with van der Waals surface area (Å²) in [4.78, 5) is 0.00240. The number of sulfonamides is 1. The fourth-order valence-electron chi connectivity index (χ4n) is 4.27. The molecule has 0 spiro atoms. The van der Waals surface area contributed by atoms with Crippen LogP contribution in [-0.4, -0.2) is 47.7 Å². The normalized spacial score (nSPS) is 16.8. The molecule has 1 aromatic heterocycles. The molecule has 0 amide bonds. The lowest BCUT2D eigenvalue weighted by atomic mass is 10.00. The summed E-state index contributed by atoms with van der Waals surface area (Å²) in [6.07, 6.45) is -4.01. The Morgan fingerprint density at radius 2 is 1.67 bits per heavy atom. The summed E-state index contributed by atoms with van der Waals surface area (Å²) in [5.41, 5.74) is 0.836. The van der Waals surface area contributed by atoms with E-state index in [9.17, 15) is 31.8 Å². The Kier molecular flexibility index (Phi) is 7.58. The average molecular weight is 525 g/mol. The summed E-state index contributed by atoms with van der Waals surface area (Å²) in [7, 11) is -2.47. The number of benzene rings is 2. The maximum atomic E-state index is 13.0. The fraction of sp³-hybridized carbons (Fsp3) is 0.360. The lowest BCUT2D eigenvalue weighted by Gasteiger charge is -2.17. The van der Waals surface area contributed by atoms with Gasteiger partial charge in [-0.3, -0.25) is 0 Å². The van der Waals surface area contributed by atoms with Crippen LogP contribution in [0, 0.1) is 0 Å². The molecule has 1 fully saturated rings. The summed E-state index contributed by atoms with van der Waals surface area (Å²) in [6, 6.07) is 12.7. The minimum absolute atomic E-state index is 0.00240. The highest BCUT2D eigenvalue weighted by atomic mass is 32.2. The lowest BCUT2D eigenvalue weighted by Crippen LogP contribution is -2.27. The third-order valence-electron chi connectivity index (χ3n) is 6.27. The minimum Gasteiger partial charge on any atom is -0.387 e. The molecule has 2 heterocycles. The van der Waals surface area contributed by atoms with E-state index in [2.05, 4.69) is 0 Å². The first-order valence-electron chi connectivity index (χ1n) is 11.4. The van der Waals surface area contributed by atoms with Crippen LogP contribution in [-0.2, 0) is 27.5 Å². The molecule has 36 heavy (non-hydrogen) atoms. The van der Waals surface area contributed by atoms with Crippen molar-refractivity contribution in [2.24, 2.45) is 0 Å². The second-order valence-electron chi connectivity index (χ2n) is 8.67. The number of halogens is 3. The van der Waals surface area contributed by atoms with Crippen molar-refractivity contribution in [1.82, 2.24) is 8.87 Å². The molecule has 1 aliphatic heterocycles. The highest BCUT2D eigenvalue weighted by Gasteiger charge is 2.31. The van der Waals surface area contributed by atoms with Gasteiger partial charge in [0, 0.05) is 26.4 Å². The van der Waals surface area contributed by atoms with Gasteiger partial charge in [0.2, 0.25) is 10.0 Å². The Balaban J connectivity index is 1.57. The smallest absolute Gasteiger partial charge is 0.387 e. The number of alkyl halides is 3. The molecular weight excluding hydrogens is 497 g/mol. The molecule has 3 aromatic rings. The molecule has 2 aromatic carbocycles. The van der Waals surface area contributed by atoms with Crippen molar-refractivity contribution in [2.45, 2.75) is 42.9 Å². The second-order valence-corrected chi connectivity index (χ2v) is 10.6. The van der Waals surface area contributed by atoms with Gasteiger partial charge in [0.15, 0.2) is 6.29 Å². The predicted molar refractivity (Wildman–Crippen MR) is 126 cm³/mol.